The summed E-state index contributed by atoms with van der Waals surface area (Å²) >= 11 is 0. The third-order valence-corrected chi connectivity index (χ3v) is 9.09. The normalized spacial score (nSPS) is 15.0. The Labute approximate surface area is 269 Å². The maximum atomic E-state index is 14.2. The van der Waals surface area contributed by atoms with Gasteiger partial charge in [-0.05, 0) is 66.5 Å². The molecule has 0 saturated heterocycles. The number of rotatable bonds is 13. The largest absolute Gasteiger partial charge is 0.466 e. The Morgan fingerprint density at radius 3 is 2.43 bits per heavy atom. The van der Waals surface area contributed by atoms with E-state index >= 15 is 0 Å². The second kappa shape index (κ2) is 14.5. The molecule has 0 saturated carbocycles. The van der Waals surface area contributed by atoms with Gasteiger partial charge in [0.1, 0.15) is 0 Å². The number of aromatic amines is 1. The molecule has 1 N–H and O–H groups in total. The molecular weight excluding hydrogens is 576 g/mol. The lowest BCUT2D eigenvalue weighted by Crippen LogP contribution is -2.38. The zero-order valence-electron chi connectivity index (χ0n) is 26.7. The molecule has 6 rings (SSSR count). The van der Waals surface area contributed by atoms with Crippen molar-refractivity contribution in [1.29, 1.82) is 0 Å². The minimum Gasteiger partial charge on any atom is -0.466 e. The van der Waals surface area contributed by atoms with Crippen molar-refractivity contribution in [2.45, 2.75) is 77.8 Å². The molecule has 1 aliphatic rings. The van der Waals surface area contributed by atoms with E-state index in [0.717, 1.165) is 77.6 Å². The summed E-state index contributed by atoms with van der Waals surface area (Å²) in [5.74, 6) is -0.0208. The summed E-state index contributed by atoms with van der Waals surface area (Å²) < 4.78 is 9.76. The van der Waals surface area contributed by atoms with Crippen molar-refractivity contribution in [3.8, 4) is 22.5 Å². The average Bonchev–Trinajstić information content (AvgIpc) is 3.72. The van der Waals surface area contributed by atoms with Crippen molar-refractivity contribution in [1.82, 2.24) is 30.0 Å². The molecule has 2 aromatic heterocycles. The van der Waals surface area contributed by atoms with E-state index in [-0.39, 0.29) is 23.5 Å². The number of esters is 1. The Hall–Kier alpha value is -4.79. The number of benzene rings is 3. The highest BCUT2D eigenvalue weighted by Crippen LogP contribution is 2.35. The van der Waals surface area contributed by atoms with Crippen molar-refractivity contribution >= 4 is 5.97 Å². The van der Waals surface area contributed by atoms with Crippen LogP contribution in [-0.2, 0) is 35.3 Å². The maximum Gasteiger partial charge on any atom is 0.311 e. The van der Waals surface area contributed by atoms with Gasteiger partial charge in [0.15, 0.2) is 0 Å². The molecule has 9 heteroatoms. The molecule has 0 amide bonds. The van der Waals surface area contributed by atoms with Crippen LogP contribution in [0.25, 0.3) is 22.5 Å². The first-order valence-electron chi connectivity index (χ1n) is 16.5. The number of fused-ring (bicyclic) bond motifs is 1. The molecule has 3 heterocycles. The van der Waals surface area contributed by atoms with Crippen LogP contribution in [-0.4, -0.2) is 42.6 Å². The lowest BCUT2D eigenvalue weighted by Gasteiger charge is -2.34. The fourth-order valence-corrected chi connectivity index (χ4v) is 6.88. The van der Waals surface area contributed by atoms with Gasteiger partial charge < -0.3 is 4.74 Å². The number of carbonyl (C=O) groups is 1. The quantitative estimate of drug-likeness (QED) is 0.118. The van der Waals surface area contributed by atoms with Crippen LogP contribution in [0.2, 0.25) is 0 Å². The Morgan fingerprint density at radius 2 is 1.72 bits per heavy atom. The highest BCUT2D eigenvalue weighted by molar-refractivity contribution is 5.80. The van der Waals surface area contributed by atoms with Crippen molar-refractivity contribution in [2.24, 2.45) is 5.92 Å². The monoisotopic (exact) mass is 618 g/mol. The summed E-state index contributed by atoms with van der Waals surface area (Å²) in [6.07, 6.45) is 6.77. The number of tetrazole rings is 1. The number of nitrogens with one attached hydrogen (secondary N) is 1. The molecule has 2 unspecified atom stereocenters. The number of hydrogen-bond donors (Lipinski definition) is 1. The molecule has 5 aromatic rings. The molecule has 9 nitrogen and oxygen atoms in total. The fraction of sp³-hybridized carbons (Fsp3) is 0.378. The van der Waals surface area contributed by atoms with Crippen LogP contribution in [0.15, 0.2) is 83.7 Å². The summed E-state index contributed by atoms with van der Waals surface area (Å²) in [6.45, 7) is 5.04. The van der Waals surface area contributed by atoms with Gasteiger partial charge in [-0.1, -0.05) is 98.6 Å². The van der Waals surface area contributed by atoms with Gasteiger partial charge in [0.25, 0.3) is 5.56 Å². The third-order valence-electron chi connectivity index (χ3n) is 9.09. The molecule has 46 heavy (non-hydrogen) atoms. The van der Waals surface area contributed by atoms with Crippen molar-refractivity contribution in [3.05, 3.63) is 112 Å². The SMILES string of the molecule is CCCCCc1c(Cc2ccc(-c3ccccc3-c3nn[nH]n3)cc2)c(=O)n2n1C(C(Cc1ccccc1)C(=O)OCC)CCC2. The summed E-state index contributed by atoms with van der Waals surface area (Å²) in [4.78, 5) is 27.7. The van der Waals surface area contributed by atoms with Crippen LogP contribution in [0.4, 0.5) is 0 Å². The first kappa shape index (κ1) is 31.2. The van der Waals surface area contributed by atoms with Gasteiger partial charge >= 0.3 is 5.97 Å². The number of unbranched alkanes of at least 4 members (excludes halogenated alkanes) is 2. The van der Waals surface area contributed by atoms with Gasteiger partial charge in [-0.3, -0.25) is 14.3 Å². The Kier molecular flexibility index (Phi) is 9.86. The average molecular weight is 619 g/mol. The minimum absolute atomic E-state index is 0.0602. The summed E-state index contributed by atoms with van der Waals surface area (Å²) in [7, 11) is 0. The predicted octanol–water partition coefficient (Wildman–Crippen LogP) is 6.58. The highest BCUT2D eigenvalue weighted by atomic mass is 16.5. The number of H-pyrrole nitrogens is 1. The molecule has 0 spiro atoms. The van der Waals surface area contributed by atoms with Crippen LogP contribution < -0.4 is 5.56 Å². The van der Waals surface area contributed by atoms with Gasteiger partial charge in [0, 0.05) is 29.8 Å². The summed E-state index contributed by atoms with van der Waals surface area (Å²) in [5.41, 5.74) is 7.09. The van der Waals surface area contributed by atoms with E-state index in [4.69, 9.17) is 4.74 Å². The molecule has 0 aliphatic carbocycles. The van der Waals surface area contributed by atoms with Crippen molar-refractivity contribution in [2.75, 3.05) is 6.61 Å². The molecule has 238 valence electrons. The van der Waals surface area contributed by atoms with Crippen molar-refractivity contribution in [3.63, 3.8) is 0 Å². The second-order valence-corrected chi connectivity index (χ2v) is 12.1. The Bertz CT molecular complexity index is 1790. The van der Waals surface area contributed by atoms with Gasteiger partial charge in [0.05, 0.1) is 18.6 Å². The summed E-state index contributed by atoms with van der Waals surface area (Å²) in [6, 6.07) is 26.4. The van der Waals surface area contributed by atoms with E-state index in [1.54, 1.807) is 0 Å². The van der Waals surface area contributed by atoms with Gasteiger partial charge in [0.2, 0.25) is 5.82 Å². The third kappa shape index (κ3) is 6.59. The number of carbonyl (C=O) groups excluding carboxylic acids is 1. The molecule has 1 aliphatic heterocycles. The van der Waals surface area contributed by atoms with Gasteiger partial charge in [-0.2, -0.15) is 5.21 Å². The van der Waals surface area contributed by atoms with Crippen LogP contribution in [0.1, 0.15) is 74.4 Å². The number of aromatic nitrogens is 6. The van der Waals surface area contributed by atoms with E-state index in [1.807, 2.05) is 48.0 Å². The fourth-order valence-electron chi connectivity index (χ4n) is 6.88. The lowest BCUT2D eigenvalue weighted by molar-refractivity contribution is -0.150. The molecule has 3 aromatic carbocycles. The van der Waals surface area contributed by atoms with Crippen LogP contribution in [0.5, 0.6) is 0 Å². The molecule has 0 fully saturated rings. The minimum atomic E-state index is -0.378. The number of nitrogens with zero attached hydrogens (tertiary/aromatic N) is 5. The zero-order valence-corrected chi connectivity index (χ0v) is 26.7. The Balaban J connectivity index is 1.36. The zero-order chi connectivity index (χ0) is 31.9. The van der Waals surface area contributed by atoms with E-state index in [1.165, 1.54) is 0 Å². The van der Waals surface area contributed by atoms with E-state index < -0.39 is 0 Å². The predicted molar refractivity (Wildman–Crippen MR) is 178 cm³/mol. The number of ether oxygens (including phenoxy) is 1. The standard InChI is InChI=1S/C37H42N6O3/c1-3-5-7-17-33-31(24-27-19-21-28(22-20-27)29-15-10-11-16-30(29)35-38-40-41-39-35)36(44)42-23-12-18-34(43(33)42)32(37(45)46-4-2)25-26-13-8-6-9-14-26/h6,8-11,13-16,19-22,32,34H,3-5,7,12,17-18,23-25H2,1-2H3,(H,38,39,40,41). The van der Waals surface area contributed by atoms with E-state index in [9.17, 15) is 9.59 Å². The second-order valence-electron chi connectivity index (χ2n) is 12.1. The number of hydrogen-bond acceptors (Lipinski definition) is 6. The Morgan fingerprint density at radius 1 is 0.957 bits per heavy atom. The molecule has 2 atom stereocenters. The molecule has 0 radical (unpaired) electrons. The smallest absolute Gasteiger partial charge is 0.311 e. The van der Waals surface area contributed by atoms with Crippen LogP contribution >= 0.6 is 0 Å². The van der Waals surface area contributed by atoms with Gasteiger partial charge in [-0.15, -0.1) is 10.2 Å². The summed E-state index contributed by atoms with van der Waals surface area (Å²) in [5, 5.41) is 14.6. The first-order chi connectivity index (χ1) is 22.6. The molecular formula is C37H42N6O3. The van der Waals surface area contributed by atoms with Crippen LogP contribution in [0.3, 0.4) is 0 Å². The van der Waals surface area contributed by atoms with Gasteiger partial charge in [-0.25, -0.2) is 4.68 Å². The van der Waals surface area contributed by atoms with E-state index in [0.29, 0.717) is 31.8 Å². The molecule has 0 bridgehead atoms. The first-order valence-corrected chi connectivity index (χ1v) is 16.5. The lowest BCUT2D eigenvalue weighted by atomic mass is 9.88. The topological polar surface area (TPSA) is 108 Å². The van der Waals surface area contributed by atoms with E-state index in [2.05, 4.69) is 74.7 Å². The van der Waals surface area contributed by atoms with Crippen molar-refractivity contribution < 1.29 is 9.53 Å². The highest BCUT2D eigenvalue weighted by Gasteiger charge is 2.37. The maximum absolute atomic E-state index is 14.2. The van der Waals surface area contributed by atoms with Crippen LogP contribution in [0, 0.1) is 5.92 Å².